The fraction of sp³-hybridized carbons (Fsp3) is 0.867. The number of methoxy groups -OCH3 is 1. The Morgan fingerprint density at radius 3 is 2.24 bits per heavy atom. The molecule has 6 heteroatoms. The van der Waals surface area contributed by atoms with Crippen molar-refractivity contribution >= 4 is 12.1 Å². The zero-order chi connectivity index (χ0) is 15.9. The van der Waals surface area contributed by atoms with Gasteiger partial charge in [-0.1, -0.05) is 0 Å². The van der Waals surface area contributed by atoms with E-state index in [4.69, 9.17) is 9.47 Å². The van der Waals surface area contributed by atoms with Crippen LogP contribution in [0.4, 0.5) is 4.79 Å². The van der Waals surface area contributed by atoms with E-state index in [1.54, 1.807) is 0 Å². The topological polar surface area (TPSA) is 76.7 Å². The number of carbonyl (C=O) groups is 2. The third-order valence-corrected chi connectivity index (χ3v) is 3.49. The SMILES string of the molecule is COC(=O)C1CCC(NCCNC(=O)OC(C)(C)C)CC1. The van der Waals surface area contributed by atoms with E-state index in [-0.39, 0.29) is 11.9 Å². The Morgan fingerprint density at radius 2 is 1.71 bits per heavy atom. The van der Waals surface area contributed by atoms with Gasteiger partial charge in [0.15, 0.2) is 0 Å². The predicted octanol–water partition coefficient (Wildman–Crippen LogP) is 1.83. The van der Waals surface area contributed by atoms with Gasteiger partial charge in [0.25, 0.3) is 0 Å². The lowest BCUT2D eigenvalue weighted by molar-refractivity contribution is -0.146. The van der Waals surface area contributed by atoms with Crippen LogP contribution < -0.4 is 10.6 Å². The van der Waals surface area contributed by atoms with Crippen LogP contribution in [0.1, 0.15) is 46.5 Å². The van der Waals surface area contributed by atoms with Gasteiger partial charge in [0, 0.05) is 19.1 Å². The van der Waals surface area contributed by atoms with Crippen LogP contribution in [-0.2, 0) is 14.3 Å². The molecule has 1 saturated carbocycles. The monoisotopic (exact) mass is 300 g/mol. The highest BCUT2D eigenvalue weighted by molar-refractivity contribution is 5.72. The first-order valence-corrected chi connectivity index (χ1v) is 7.60. The Kier molecular flexibility index (Phi) is 6.95. The summed E-state index contributed by atoms with van der Waals surface area (Å²) in [7, 11) is 1.44. The van der Waals surface area contributed by atoms with E-state index < -0.39 is 11.7 Å². The summed E-state index contributed by atoms with van der Waals surface area (Å²) in [5.41, 5.74) is -0.468. The Bertz CT molecular complexity index is 344. The molecule has 0 aliphatic heterocycles. The quantitative estimate of drug-likeness (QED) is 0.598. The van der Waals surface area contributed by atoms with Crippen molar-refractivity contribution in [3.05, 3.63) is 0 Å². The van der Waals surface area contributed by atoms with Crippen molar-refractivity contribution < 1.29 is 19.1 Å². The molecule has 21 heavy (non-hydrogen) atoms. The molecule has 0 aromatic carbocycles. The minimum absolute atomic E-state index is 0.0490. The number of alkyl carbamates (subject to hydrolysis) is 1. The number of hydrogen-bond donors (Lipinski definition) is 2. The number of rotatable bonds is 5. The maximum Gasteiger partial charge on any atom is 0.407 e. The van der Waals surface area contributed by atoms with E-state index in [1.165, 1.54) is 7.11 Å². The molecule has 1 aliphatic carbocycles. The molecule has 0 unspecified atom stereocenters. The molecule has 122 valence electrons. The molecule has 0 atom stereocenters. The lowest BCUT2D eigenvalue weighted by Crippen LogP contribution is -2.41. The molecule has 0 aromatic rings. The summed E-state index contributed by atoms with van der Waals surface area (Å²) < 4.78 is 9.92. The van der Waals surface area contributed by atoms with E-state index in [2.05, 4.69) is 10.6 Å². The third kappa shape index (κ3) is 7.32. The van der Waals surface area contributed by atoms with Crippen LogP contribution in [0.15, 0.2) is 0 Å². The molecule has 1 rings (SSSR count). The molecule has 0 radical (unpaired) electrons. The molecular formula is C15H28N2O4. The highest BCUT2D eigenvalue weighted by atomic mass is 16.6. The summed E-state index contributed by atoms with van der Waals surface area (Å²) in [4.78, 5) is 22.9. The van der Waals surface area contributed by atoms with Crippen LogP contribution in [0.5, 0.6) is 0 Å². The number of hydrogen-bond acceptors (Lipinski definition) is 5. The van der Waals surface area contributed by atoms with Crippen molar-refractivity contribution in [2.75, 3.05) is 20.2 Å². The van der Waals surface area contributed by atoms with E-state index in [1.807, 2.05) is 20.8 Å². The fourth-order valence-corrected chi connectivity index (χ4v) is 2.45. The summed E-state index contributed by atoms with van der Waals surface area (Å²) in [5.74, 6) is -0.0482. The molecule has 0 saturated heterocycles. The third-order valence-electron chi connectivity index (χ3n) is 3.49. The van der Waals surface area contributed by atoms with Crippen molar-refractivity contribution in [1.82, 2.24) is 10.6 Å². The molecular weight excluding hydrogens is 272 g/mol. The minimum Gasteiger partial charge on any atom is -0.469 e. The van der Waals surface area contributed by atoms with Gasteiger partial charge < -0.3 is 20.1 Å². The molecule has 1 amide bonds. The molecule has 0 spiro atoms. The van der Waals surface area contributed by atoms with Gasteiger partial charge in [-0.15, -0.1) is 0 Å². The second kappa shape index (κ2) is 8.22. The van der Waals surface area contributed by atoms with Crippen molar-refractivity contribution in [2.45, 2.75) is 58.1 Å². The number of carbonyl (C=O) groups excluding carboxylic acids is 2. The maximum absolute atomic E-state index is 11.4. The van der Waals surface area contributed by atoms with Gasteiger partial charge in [0.1, 0.15) is 5.60 Å². The lowest BCUT2D eigenvalue weighted by Gasteiger charge is -2.27. The van der Waals surface area contributed by atoms with Gasteiger partial charge in [0.2, 0.25) is 0 Å². The second-order valence-electron chi connectivity index (χ2n) is 6.45. The van der Waals surface area contributed by atoms with Crippen LogP contribution >= 0.6 is 0 Å². The first-order chi connectivity index (χ1) is 9.81. The Balaban J connectivity index is 2.10. The zero-order valence-electron chi connectivity index (χ0n) is 13.5. The van der Waals surface area contributed by atoms with Crippen LogP contribution in [0.25, 0.3) is 0 Å². The summed E-state index contributed by atoms with van der Waals surface area (Å²) in [5, 5.41) is 6.11. The fourth-order valence-electron chi connectivity index (χ4n) is 2.45. The highest BCUT2D eigenvalue weighted by Crippen LogP contribution is 2.25. The average molecular weight is 300 g/mol. The summed E-state index contributed by atoms with van der Waals surface area (Å²) in [6, 6.07) is 0.409. The molecule has 0 aromatic heterocycles. The normalized spacial score (nSPS) is 22.5. The van der Waals surface area contributed by atoms with Gasteiger partial charge in [-0.3, -0.25) is 4.79 Å². The largest absolute Gasteiger partial charge is 0.469 e. The lowest BCUT2D eigenvalue weighted by atomic mass is 9.86. The zero-order valence-corrected chi connectivity index (χ0v) is 13.5. The Labute approximate surface area is 126 Å². The van der Waals surface area contributed by atoms with Crippen molar-refractivity contribution in [2.24, 2.45) is 5.92 Å². The Morgan fingerprint density at radius 1 is 1.10 bits per heavy atom. The summed E-state index contributed by atoms with van der Waals surface area (Å²) in [6.07, 6.45) is 3.27. The standard InChI is InChI=1S/C15H28N2O4/c1-15(2,3)21-14(19)17-10-9-16-12-7-5-11(6-8-12)13(18)20-4/h11-12,16H,5-10H2,1-4H3,(H,17,19). The minimum atomic E-state index is -0.468. The smallest absolute Gasteiger partial charge is 0.407 e. The number of amides is 1. The van der Waals surface area contributed by atoms with Crippen LogP contribution in [0.3, 0.4) is 0 Å². The van der Waals surface area contributed by atoms with Gasteiger partial charge >= 0.3 is 12.1 Å². The van der Waals surface area contributed by atoms with E-state index in [9.17, 15) is 9.59 Å². The number of esters is 1. The van der Waals surface area contributed by atoms with Gasteiger partial charge in [0.05, 0.1) is 13.0 Å². The maximum atomic E-state index is 11.4. The molecule has 2 N–H and O–H groups in total. The van der Waals surface area contributed by atoms with E-state index >= 15 is 0 Å². The van der Waals surface area contributed by atoms with Crippen LogP contribution in [-0.4, -0.2) is 43.9 Å². The second-order valence-corrected chi connectivity index (χ2v) is 6.45. The van der Waals surface area contributed by atoms with Gasteiger partial charge in [-0.05, 0) is 46.5 Å². The summed E-state index contributed by atoms with van der Waals surface area (Å²) in [6.45, 7) is 6.75. The first kappa shape index (κ1) is 17.8. The Hall–Kier alpha value is -1.30. The summed E-state index contributed by atoms with van der Waals surface area (Å²) >= 11 is 0. The van der Waals surface area contributed by atoms with Gasteiger partial charge in [-0.25, -0.2) is 4.79 Å². The number of nitrogens with one attached hydrogen (secondary N) is 2. The first-order valence-electron chi connectivity index (χ1n) is 7.60. The molecule has 0 bridgehead atoms. The molecule has 1 fully saturated rings. The molecule has 1 aliphatic rings. The predicted molar refractivity (Wildman–Crippen MR) is 80.0 cm³/mol. The van der Waals surface area contributed by atoms with Gasteiger partial charge in [-0.2, -0.15) is 0 Å². The van der Waals surface area contributed by atoms with E-state index in [0.717, 1.165) is 25.7 Å². The van der Waals surface area contributed by atoms with Crippen LogP contribution in [0, 0.1) is 5.92 Å². The average Bonchev–Trinajstić information content (AvgIpc) is 2.41. The van der Waals surface area contributed by atoms with Crippen molar-refractivity contribution in [3.63, 3.8) is 0 Å². The number of ether oxygens (including phenoxy) is 2. The van der Waals surface area contributed by atoms with Crippen molar-refractivity contribution in [1.29, 1.82) is 0 Å². The highest BCUT2D eigenvalue weighted by Gasteiger charge is 2.26. The molecule has 0 heterocycles. The van der Waals surface area contributed by atoms with Crippen LogP contribution in [0.2, 0.25) is 0 Å². The van der Waals surface area contributed by atoms with Crippen molar-refractivity contribution in [3.8, 4) is 0 Å². The molecule has 6 nitrogen and oxygen atoms in total. The van der Waals surface area contributed by atoms with E-state index in [0.29, 0.717) is 19.1 Å².